The van der Waals surface area contributed by atoms with Gasteiger partial charge in [0.2, 0.25) is 0 Å². The molecule has 0 aliphatic rings. The van der Waals surface area contributed by atoms with Crippen molar-refractivity contribution in [1.29, 1.82) is 0 Å². The average Bonchev–Trinajstić information content (AvgIpc) is 2.60. The second kappa shape index (κ2) is 9.51. The van der Waals surface area contributed by atoms with E-state index in [1.54, 1.807) is 0 Å². The molecule has 0 fully saturated rings. The number of aliphatic imine (C=N–C) groups is 1. The van der Waals surface area contributed by atoms with Gasteiger partial charge >= 0.3 is 0 Å². The predicted octanol–water partition coefficient (Wildman–Crippen LogP) is 3.47. The van der Waals surface area contributed by atoms with Crippen molar-refractivity contribution in [2.75, 3.05) is 6.54 Å². The maximum Gasteiger partial charge on any atom is 0.188 e. The minimum absolute atomic E-state index is 0.503. The number of rotatable bonds is 8. The molecule has 0 heterocycles. The van der Waals surface area contributed by atoms with Gasteiger partial charge in [0.1, 0.15) is 12.4 Å². The van der Waals surface area contributed by atoms with Gasteiger partial charge < -0.3 is 15.8 Å². The van der Waals surface area contributed by atoms with Crippen molar-refractivity contribution in [1.82, 2.24) is 5.32 Å². The van der Waals surface area contributed by atoms with Crippen LogP contribution in [0.1, 0.15) is 30.9 Å². The third-order valence-electron chi connectivity index (χ3n) is 3.44. The van der Waals surface area contributed by atoms with E-state index in [0.717, 1.165) is 36.3 Å². The lowest BCUT2D eigenvalue weighted by Gasteiger charge is -2.07. The molecule has 0 aliphatic heterocycles. The molecular formula is C19H25N3O. The SMILES string of the molecule is CCCCNC(N)=NCc1ccc(OCc2ccccc2)cc1. The lowest BCUT2D eigenvalue weighted by atomic mass is 10.2. The second-order valence-corrected chi connectivity index (χ2v) is 5.40. The van der Waals surface area contributed by atoms with E-state index in [-0.39, 0.29) is 0 Å². The van der Waals surface area contributed by atoms with E-state index < -0.39 is 0 Å². The number of ether oxygens (including phenoxy) is 1. The number of unbranched alkanes of at least 4 members (excludes halogenated alkanes) is 1. The van der Waals surface area contributed by atoms with Crippen molar-refractivity contribution in [2.24, 2.45) is 10.7 Å². The van der Waals surface area contributed by atoms with E-state index in [1.165, 1.54) is 0 Å². The molecule has 0 bridgehead atoms. The van der Waals surface area contributed by atoms with Gasteiger partial charge in [0.15, 0.2) is 5.96 Å². The average molecular weight is 311 g/mol. The van der Waals surface area contributed by atoms with Crippen molar-refractivity contribution in [2.45, 2.75) is 32.9 Å². The van der Waals surface area contributed by atoms with Crippen molar-refractivity contribution in [3.63, 3.8) is 0 Å². The quantitative estimate of drug-likeness (QED) is 0.446. The number of nitrogens with one attached hydrogen (secondary N) is 1. The van der Waals surface area contributed by atoms with Crippen LogP contribution in [0.5, 0.6) is 5.75 Å². The summed E-state index contributed by atoms with van der Waals surface area (Å²) in [7, 11) is 0. The number of benzene rings is 2. The Morgan fingerprint density at radius 3 is 2.48 bits per heavy atom. The maximum atomic E-state index is 5.82. The van der Waals surface area contributed by atoms with Crippen LogP contribution in [0, 0.1) is 0 Å². The monoisotopic (exact) mass is 311 g/mol. The predicted molar refractivity (Wildman–Crippen MR) is 95.5 cm³/mol. The molecule has 122 valence electrons. The lowest BCUT2D eigenvalue weighted by Crippen LogP contribution is -2.32. The summed E-state index contributed by atoms with van der Waals surface area (Å²) < 4.78 is 5.77. The van der Waals surface area contributed by atoms with E-state index in [0.29, 0.717) is 19.1 Å². The second-order valence-electron chi connectivity index (χ2n) is 5.40. The topological polar surface area (TPSA) is 59.6 Å². The van der Waals surface area contributed by atoms with Gasteiger partial charge in [-0.05, 0) is 29.7 Å². The summed E-state index contributed by atoms with van der Waals surface area (Å²) in [6.07, 6.45) is 2.24. The molecule has 0 aromatic heterocycles. The van der Waals surface area contributed by atoms with Crippen LogP contribution in [0.25, 0.3) is 0 Å². The molecule has 0 atom stereocenters. The van der Waals surface area contributed by atoms with Crippen LogP contribution in [-0.2, 0) is 13.2 Å². The van der Waals surface area contributed by atoms with Crippen molar-refractivity contribution in [3.8, 4) is 5.75 Å². The summed E-state index contributed by atoms with van der Waals surface area (Å²) in [4.78, 5) is 4.33. The third kappa shape index (κ3) is 6.43. The summed E-state index contributed by atoms with van der Waals surface area (Å²) in [6.45, 7) is 4.17. The summed E-state index contributed by atoms with van der Waals surface area (Å²) in [5, 5.41) is 3.11. The minimum atomic E-state index is 0.503. The molecule has 4 heteroatoms. The molecule has 0 unspecified atom stereocenters. The first kappa shape index (κ1) is 16.9. The smallest absolute Gasteiger partial charge is 0.188 e. The molecule has 23 heavy (non-hydrogen) atoms. The summed E-state index contributed by atoms with van der Waals surface area (Å²) in [5.41, 5.74) is 8.09. The first-order valence-electron chi connectivity index (χ1n) is 8.07. The van der Waals surface area contributed by atoms with E-state index in [2.05, 4.69) is 29.4 Å². The van der Waals surface area contributed by atoms with E-state index >= 15 is 0 Å². The lowest BCUT2D eigenvalue weighted by molar-refractivity contribution is 0.306. The van der Waals surface area contributed by atoms with Crippen LogP contribution >= 0.6 is 0 Å². The van der Waals surface area contributed by atoms with Crippen LogP contribution in [0.4, 0.5) is 0 Å². The molecule has 0 spiro atoms. The Hall–Kier alpha value is -2.49. The molecule has 0 saturated heterocycles. The molecule has 2 rings (SSSR count). The molecular weight excluding hydrogens is 286 g/mol. The minimum Gasteiger partial charge on any atom is -0.489 e. The maximum absolute atomic E-state index is 5.82. The molecule has 3 N–H and O–H groups in total. The molecule has 2 aromatic carbocycles. The van der Waals surface area contributed by atoms with Gasteiger partial charge in [-0.15, -0.1) is 0 Å². The van der Waals surface area contributed by atoms with Gasteiger partial charge in [0.05, 0.1) is 6.54 Å². The van der Waals surface area contributed by atoms with Crippen molar-refractivity contribution >= 4 is 5.96 Å². The van der Waals surface area contributed by atoms with E-state index in [9.17, 15) is 0 Å². The van der Waals surface area contributed by atoms with Crippen LogP contribution in [0.3, 0.4) is 0 Å². The highest BCUT2D eigenvalue weighted by atomic mass is 16.5. The fourth-order valence-corrected chi connectivity index (χ4v) is 2.06. The number of nitrogens with two attached hydrogens (primary N) is 1. The van der Waals surface area contributed by atoms with Gasteiger partial charge in [0.25, 0.3) is 0 Å². The normalized spacial score (nSPS) is 11.3. The first-order chi connectivity index (χ1) is 11.3. The zero-order valence-corrected chi connectivity index (χ0v) is 13.7. The Labute approximate surface area is 138 Å². The van der Waals surface area contributed by atoms with Crippen molar-refractivity contribution in [3.05, 3.63) is 65.7 Å². The van der Waals surface area contributed by atoms with Crippen LogP contribution in [-0.4, -0.2) is 12.5 Å². The zero-order valence-electron chi connectivity index (χ0n) is 13.7. The Morgan fingerprint density at radius 2 is 1.78 bits per heavy atom. The van der Waals surface area contributed by atoms with E-state index in [1.807, 2.05) is 42.5 Å². The highest BCUT2D eigenvalue weighted by Crippen LogP contribution is 2.14. The van der Waals surface area contributed by atoms with Crippen LogP contribution in [0.2, 0.25) is 0 Å². The number of guanidine groups is 1. The summed E-state index contributed by atoms with van der Waals surface area (Å²) >= 11 is 0. The van der Waals surface area contributed by atoms with Gasteiger partial charge in [-0.1, -0.05) is 55.8 Å². The highest BCUT2D eigenvalue weighted by molar-refractivity contribution is 5.77. The zero-order chi connectivity index (χ0) is 16.3. The van der Waals surface area contributed by atoms with Crippen LogP contribution < -0.4 is 15.8 Å². The Balaban J connectivity index is 1.79. The Morgan fingerprint density at radius 1 is 1.04 bits per heavy atom. The largest absolute Gasteiger partial charge is 0.489 e. The number of hydrogen-bond acceptors (Lipinski definition) is 2. The third-order valence-corrected chi connectivity index (χ3v) is 3.44. The molecule has 0 radical (unpaired) electrons. The van der Waals surface area contributed by atoms with Gasteiger partial charge in [0, 0.05) is 6.54 Å². The fourth-order valence-electron chi connectivity index (χ4n) is 2.06. The first-order valence-corrected chi connectivity index (χ1v) is 8.07. The summed E-state index contributed by atoms with van der Waals surface area (Å²) in [5.74, 6) is 1.36. The molecule has 2 aromatic rings. The van der Waals surface area contributed by atoms with E-state index in [4.69, 9.17) is 10.5 Å². The Bertz CT molecular complexity index is 594. The molecule has 4 nitrogen and oxygen atoms in total. The summed E-state index contributed by atoms with van der Waals surface area (Å²) in [6, 6.07) is 18.1. The van der Waals surface area contributed by atoms with Gasteiger partial charge in [-0.25, -0.2) is 4.99 Å². The standard InChI is InChI=1S/C19H25N3O/c1-2-3-13-21-19(20)22-14-16-9-11-18(12-10-16)23-15-17-7-5-4-6-8-17/h4-12H,2-3,13-15H2,1H3,(H3,20,21,22). The Kier molecular flexibility index (Phi) is 6.98. The van der Waals surface area contributed by atoms with Gasteiger partial charge in [-0.3, -0.25) is 0 Å². The highest BCUT2D eigenvalue weighted by Gasteiger charge is 1.97. The van der Waals surface area contributed by atoms with Crippen molar-refractivity contribution < 1.29 is 4.74 Å². The number of hydrogen-bond donors (Lipinski definition) is 2. The molecule has 0 amide bonds. The molecule has 0 saturated carbocycles. The van der Waals surface area contributed by atoms with Gasteiger partial charge in [-0.2, -0.15) is 0 Å². The molecule has 0 aliphatic carbocycles. The van der Waals surface area contributed by atoms with Crippen LogP contribution in [0.15, 0.2) is 59.6 Å². The number of nitrogens with zero attached hydrogens (tertiary/aromatic N) is 1. The fraction of sp³-hybridized carbons (Fsp3) is 0.316.